The van der Waals surface area contributed by atoms with E-state index < -0.39 is 0 Å². The van der Waals surface area contributed by atoms with Crippen LogP contribution in [0.15, 0.2) is 235 Å². The average Bonchev–Trinajstić information content (AvgIpc) is 1.68. The van der Waals surface area contributed by atoms with E-state index in [1.54, 1.807) is 19.2 Å². The van der Waals surface area contributed by atoms with Crippen LogP contribution in [-0.2, 0) is 79.5 Å². The fraction of sp³-hybridized carbons (Fsp3) is 0.417. The molecule has 8 aromatic carbocycles. The fourth-order valence-electron chi connectivity index (χ4n) is 16.8. The minimum absolute atomic E-state index is 0.0150. The second-order valence-corrected chi connectivity index (χ2v) is 33.1. The van der Waals surface area contributed by atoms with Crippen LogP contribution in [0.4, 0.5) is 0 Å². The van der Waals surface area contributed by atoms with Crippen LogP contribution in [0.5, 0.6) is 5.75 Å². The molecular formula is C96H114Cl2N8O9. The molecular weight excluding hydrogens is 1480 g/mol. The van der Waals surface area contributed by atoms with E-state index in [4.69, 9.17) is 66.6 Å². The molecule has 606 valence electrons. The number of aryl methyl sites for hydroxylation is 5. The lowest BCUT2D eigenvalue weighted by Crippen LogP contribution is -2.38. The molecule has 0 fully saturated rings. The van der Waals surface area contributed by atoms with Crippen LogP contribution in [0.1, 0.15) is 257 Å². The lowest BCUT2D eigenvalue weighted by atomic mass is 9.70. The van der Waals surface area contributed by atoms with Crippen LogP contribution >= 0.6 is 23.2 Å². The van der Waals surface area contributed by atoms with Crippen molar-refractivity contribution in [2.24, 2.45) is 47.2 Å². The lowest BCUT2D eigenvalue weighted by molar-refractivity contribution is -0.0726. The molecule has 10 aliphatic rings. The van der Waals surface area contributed by atoms with Crippen LogP contribution in [-0.4, -0.2) is 52.8 Å². The zero-order chi connectivity index (χ0) is 81.9. The molecule has 0 bridgehead atoms. The summed E-state index contributed by atoms with van der Waals surface area (Å²) in [5.41, 5.74) is 23.8. The normalized spacial score (nSPS) is 25.0. The van der Waals surface area contributed by atoms with Crippen molar-refractivity contribution in [3.05, 3.63) is 276 Å². The van der Waals surface area contributed by atoms with Crippen LogP contribution in [0, 0.1) is 26.7 Å². The van der Waals surface area contributed by atoms with Crippen molar-refractivity contribution < 1.29 is 43.4 Å². The molecule has 2 aliphatic carbocycles. The van der Waals surface area contributed by atoms with Gasteiger partial charge < -0.3 is 43.4 Å². The number of ether oxygens (including phenoxy) is 1. The topological polar surface area (TPSA) is 182 Å². The molecule has 0 saturated carbocycles. The van der Waals surface area contributed by atoms with Gasteiger partial charge in [-0.15, -0.1) is 0 Å². The van der Waals surface area contributed by atoms with E-state index in [0.717, 1.165) is 133 Å². The van der Waals surface area contributed by atoms with Gasteiger partial charge in [-0.3, -0.25) is 0 Å². The molecule has 0 amide bonds. The summed E-state index contributed by atoms with van der Waals surface area (Å²) < 4.78 is 5.34. The summed E-state index contributed by atoms with van der Waals surface area (Å²) in [6.07, 6.45) is 15.1. The van der Waals surface area contributed by atoms with Gasteiger partial charge in [-0.25, -0.2) is 0 Å². The third kappa shape index (κ3) is 21.1. The van der Waals surface area contributed by atoms with Gasteiger partial charge in [0.25, 0.3) is 0 Å². The van der Waals surface area contributed by atoms with Gasteiger partial charge in [-0.05, 0) is 191 Å². The predicted molar refractivity (Wildman–Crippen MR) is 466 cm³/mol. The molecule has 8 aromatic rings. The Balaban J connectivity index is 0.000000130. The lowest BCUT2D eigenvalue weighted by Gasteiger charge is -2.38. The van der Waals surface area contributed by atoms with Gasteiger partial charge in [-0.2, -0.15) is 0 Å². The van der Waals surface area contributed by atoms with Crippen molar-refractivity contribution in [2.75, 3.05) is 7.11 Å². The first-order chi connectivity index (χ1) is 55.3. The SMILES string of the molecule is CC1=NOC(c2c(C)cccc2C)C1.CC1=NOC(c2c(Cl)cccc2Cl)C1.CC1=NO[C@@](C)(c2ccccc2)C1.CC1=NO[C@@](C)(c2ccccc2)C1.CC1=NO[C@]2(C1)c1ccccc1CCC2C.CC1=NO[C@]2(CCCc3ccccc32)C1.CCC[C@]1(c2ccccc2)CC(C)=NO1.COc1cccc(C)c1C1CC(C)=NO1. The number of benzene rings is 8. The van der Waals surface area contributed by atoms with E-state index in [9.17, 15) is 0 Å². The molecule has 2 spiro atoms. The molecule has 0 saturated heterocycles. The number of fused-ring (bicyclic) bond motifs is 4. The second kappa shape index (κ2) is 39.0. The number of hydrogen-bond donors (Lipinski definition) is 0. The van der Waals surface area contributed by atoms with Gasteiger partial charge in [0.05, 0.1) is 52.8 Å². The Hall–Kier alpha value is -10.1. The van der Waals surface area contributed by atoms with Crippen molar-refractivity contribution in [2.45, 2.75) is 246 Å². The summed E-state index contributed by atoms with van der Waals surface area (Å²) in [6, 6.07) is 65.9. The standard InChI is InChI=1S/C14H17NO.C13H15NO.C13H17NO.C12H15NO2.C12H15NO.2C11H13NO.C10H9Cl2NO/c1-10-7-8-12-5-3-4-6-13(12)14(10)9-11(2)15-16-14;1-10-9-13(15-14-10)8-4-6-11-5-2-3-7-12(11)13;1-3-9-13(10-11(2)14-15-13)12-7-5-4-6-8-12;1-8-5-4-6-10(14-3)12(8)11-7-9(2)13-15-11;1-8-5-4-6-9(2)12(8)11-7-10(3)13-14-11;2*1-9-8-11(2,13-12-9)10-6-4-3-5-7-10;1-6-5-9(14-13-6)10-7(11)3-2-4-8(10)12/h3-6,10H,7-9H2,1-2H3;2-3,5,7H,4,6,8-9H2,1H3;4-8H,3,9-10H2,1-2H3;4-6,11H,7H2,1-3H3;4-6,11H,7H2,1-3H3;2*3-7H,8H2,1-2H3;2-4,9H,5H2,1H3/t10?,14-;2*13-;;;2*11-;/m011..11./s1. The molecule has 0 radical (unpaired) electrons. The van der Waals surface area contributed by atoms with Crippen molar-refractivity contribution in [3.63, 3.8) is 0 Å². The van der Waals surface area contributed by atoms with Gasteiger partial charge in [0, 0.05) is 95.1 Å². The summed E-state index contributed by atoms with van der Waals surface area (Å²) in [5.74, 6) is 1.42. The van der Waals surface area contributed by atoms with E-state index >= 15 is 0 Å². The molecule has 18 rings (SSSR count). The van der Waals surface area contributed by atoms with E-state index in [1.807, 2.05) is 109 Å². The number of halogens is 2. The predicted octanol–water partition coefficient (Wildman–Crippen LogP) is 25.0. The summed E-state index contributed by atoms with van der Waals surface area (Å²) in [7, 11) is 1.68. The van der Waals surface area contributed by atoms with Crippen molar-refractivity contribution in [1.29, 1.82) is 0 Å². The maximum Gasteiger partial charge on any atom is 0.170 e. The average molecular weight is 1590 g/mol. The number of rotatable bonds is 9. The third-order valence-corrected chi connectivity index (χ3v) is 23.2. The molecule has 9 atom stereocenters. The summed E-state index contributed by atoms with van der Waals surface area (Å²) in [6.45, 7) is 30.9. The molecule has 0 aromatic heterocycles. The Labute approximate surface area is 691 Å². The Morgan fingerprint density at radius 3 is 1.26 bits per heavy atom. The zero-order valence-electron chi connectivity index (χ0n) is 69.9. The molecule has 4 unspecified atom stereocenters. The number of oxime groups is 8. The summed E-state index contributed by atoms with van der Waals surface area (Å²) >= 11 is 12.1. The minimum Gasteiger partial charge on any atom is -0.496 e. The van der Waals surface area contributed by atoms with E-state index in [1.165, 1.54) is 86.9 Å². The summed E-state index contributed by atoms with van der Waals surface area (Å²) in [5, 5.41) is 33.5. The largest absolute Gasteiger partial charge is 0.496 e. The monoisotopic (exact) mass is 1590 g/mol. The van der Waals surface area contributed by atoms with Crippen molar-refractivity contribution >= 4 is 68.9 Å². The van der Waals surface area contributed by atoms with Crippen LogP contribution in [0.3, 0.4) is 0 Å². The molecule has 17 nitrogen and oxygen atoms in total. The molecule has 8 heterocycles. The molecule has 115 heavy (non-hydrogen) atoms. The number of hydrogen-bond acceptors (Lipinski definition) is 17. The smallest absolute Gasteiger partial charge is 0.170 e. The highest BCUT2D eigenvalue weighted by Gasteiger charge is 2.48. The van der Waals surface area contributed by atoms with Gasteiger partial charge in [0.2, 0.25) is 0 Å². The highest BCUT2D eigenvalue weighted by molar-refractivity contribution is 6.36. The van der Waals surface area contributed by atoms with Crippen LogP contribution in [0.2, 0.25) is 10.0 Å². The van der Waals surface area contributed by atoms with E-state index in [2.05, 4.69) is 218 Å². The maximum absolute atomic E-state index is 6.04. The fourth-order valence-corrected chi connectivity index (χ4v) is 17.4. The van der Waals surface area contributed by atoms with Crippen LogP contribution < -0.4 is 4.74 Å². The van der Waals surface area contributed by atoms with Crippen molar-refractivity contribution in [3.8, 4) is 5.75 Å². The molecule has 0 N–H and O–H groups in total. The van der Waals surface area contributed by atoms with Gasteiger partial charge in [0.15, 0.2) is 46.3 Å². The Morgan fingerprint density at radius 1 is 0.391 bits per heavy atom. The first-order valence-corrected chi connectivity index (χ1v) is 41.2. The number of methoxy groups -OCH3 is 1. The van der Waals surface area contributed by atoms with Gasteiger partial charge >= 0.3 is 0 Å². The minimum atomic E-state index is -0.245. The van der Waals surface area contributed by atoms with Crippen LogP contribution in [0.25, 0.3) is 0 Å². The Kier molecular flexibility index (Phi) is 29.1. The highest BCUT2D eigenvalue weighted by atomic mass is 35.5. The van der Waals surface area contributed by atoms with Gasteiger partial charge in [0.1, 0.15) is 5.75 Å². The molecule has 19 heteroatoms. The Bertz CT molecular complexity index is 4710. The molecule has 8 aliphatic heterocycles. The summed E-state index contributed by atoms with van der Waals surface area (Å²) in [4.78, 5) is 44.1. The first-order valence-electron chi connectivity index (χ1n) is 40.4. The van der Waals surface area contributed by atoms with Crippen molar-refractivity contribution in [1.82, 2.24) is 0 Å². The third-order valence-electron chi connectivity index (χ3n) is 22.5. The Morgan fingerprint density at radius 2 is 0.809 bits per heavy atom. The first kappa shape index (κ1) is 85.8. The zero-order valence-corrected chi connectivity index (χ0v) is 71.4. The second-order valence-electron chi connectivity index (χ2n) is 32.3. The quantitative estimate of drug-likeness (QED) is 0.136. The van der Waals surface area contributed by atoms with Gasteiger partial charge in [-0.1, -0.05) is 261 Å². The van der Waals surface area contributed by atoms with E-state index in [-0.39, 0.29) is 46.3 Å². The van der Waals surface area contributed by atoms with E-state index in [0.29, 0.717) is 16.0 Å². The number of nitrogens with zero attached hydrogens (tertiary/aromatic N) is 8. The highest BCUT2D eigenvalue weighted by Crippen LogP contribution is 2.49. The maximum atomic E-state index is 6.04.